The minimum atomic E-state index is 1.04. The van der Waals surface area contributed by atoms with Gasteiger partial charge in [-0.15, -0.1) is 0 Å². The van der Waals surface area contributed by atoms with E-state index in [-0.39, 0.29) is 0 Å². The Morgan fingerprint density at radius 1 is 0.933 bits per heavy atom. The van der Waals surface area contributed by atoms with Crippen LogP contribution in [0.15, 0.2) is 0 Å². The minimum absolute atomic E-state index is 1.04. The summed E-state index contributed by atoms with van der Waals surface area (Å²) < 4.78 is 2.45. The first kappa shape index (κ1) is 12.1. The topological polar surface area (TPSA) is 6.48 Å². The van der Waals surface area contributed by atoms with Gasteiger partial charge in [-0.1, -0.05) is 6.92 Å². The lowest BCUT2D eigenvalue weighted by Gasteiger charge is -2.38. The average Bonchev–Trinajstić information content (AvgIpc) is 2.30. The molecule has 0 unspecified atom stereocenters. The van der Waals surface area contributed by atoms with Crippen molar-refractivity contribution in [2.45, 2.75) is 32.6 Å². The predicted molar refractivity (Wildman–Crippen MR) is 73.2 cm³/mol. The lowest BCUT2D eigenvalue weighted by Crippen LogP contribution is -2.38. The molecule has 2 fully saturated rings. The van der Waals surface area contributed by atoms with Crippen molar-refractivity contribution in [2.75, 3.05) is 32.7 Å². The second-order valence-electron chi connectivity index (χ2n) is 5.02. The van der Waals surface area contributed by atoms with E-state index in [0.717, 1.165) is 11.8 Å². The highest BCUT2D eigenvalue weighted by molar-refractivity contribution is 14.1. The Labute approximate surface area is 108 Å². The Bertz CT molecular complexity index is 182. The summed E-state index contributed by atoms with van der Waals surface area (Å²) in [6, 6.07) is 0. The van der Waals surface area contributed by atoms with Crippen LogP contribution in [-0.2, 0) is 0 Å². The molecule has 0 aromatic rings. The SMILES string of the molecule is CCN1CCC(C2CCN(I)CC2)CC1. The van der Waals surface area contributed by atoms with Gasteiger partial charge in [0.05, 0.1) is 0 Å². The number of nitrogens with zero attached hydrogens (tertiary/aromatic N) is 2. The standard InChI is InChI=1S/C12H23IN2/c1-2-14-7-3-11(4-8-14)12-5-9-15(13)10-6-12/h11-12H,2-10H2,1H3. The molecule has 0 spiro atoms. The molecule has 2 saturated heterocycles. The molecule has 88 valence electrons. The summed E-state index contributed by atoms with van der Waals surface area (Å²) in [4.78, 5) is 2.60. The summed E-state index contributed by atoms with van der Waals surface area (Å²) in [5.74, 6) is 2.08. The predicted octanol–water partition coefficient (Wildman–Crippen LogP) is 2.78. The largest absolute Gasteiger partial charge is 0.304 e. The average molecular weight is 322 g/mol. The van der Waals surface area contributed by atoms with Crippen molar-refractivity contribution in [3.8, 4) is 0 Å². The van der Waals surface area contributed by atoms with E-state index < -0.39 is 0 Å². The van der Waals surface area contributed by atoms with E-state index in [1.54, 1.807) is 0 Å². The number of hydrogen-bond donors (Lipinski definition) is 0. The summed E-state index contributed by atoms with van der Waals surface area (Å²) in [6.45, 7) is 8.88. The van der Waals surface area contributed by atoms with Crippen molar-refractivity contribution in [1.82, 2.24) is 8.01 Å². The molecule has 2 aliphatic rings. The van der Waals surface area contributed by atoms with Crippen molar-refractivity contribution in [2.24, 2.45) is 11.8 Å². The van der Waals surface area contributed by atoms with Crippen molar-refractivity contribution in [3.63, 3.8) is 0 Å². The summed E-state index contributed by atoms with van der Waals surface area (Å²) in [5.41, 5.74) is 0. The van der Waals surface area contributed by atoms with E-state index in [9.17, 15) is 0 Å². The minimum Gasteiger partial charge on any atom is -0.304 e. The molecule has 15 heavy (non-hydrogen) atoms. The Kier molecular flexibility index (Phi) is 4.70. The van der Waals surface area contributed by atoms with Gasteiger partial charge in [0.2, 0.25) is 0 Å². The lowest BCUT2D eigenvalue weighted by molar-refractivity contribution is 0.126. The molecule has 3 heteroatoms. The molecule has 0 aromatic carbocycles. The van der Waals surface area contributed by atoms with Crippen LogP contribution in [0.3, 0.4) is 0 Å². The van der Waals surface area contributed by atoms with Crippen LogP contribution in [-0.4, -0.2) is 40.7 Å². The Balaban J connectivity index is 1.75. The number of halogens is 1. The van der Waals surface area contributed by atoms with E-state index in [2.05, 4.69) is 37.8 Å². The van der Waals surface area contributed by atoms with E-state index in [1.165, 1.54) is 58.4 Å². The van der Waals surface area contributed by atoms with Crippen molar-refractivity contribution >= 4 is 22.9 Å². The van der Waals surface area contributed by atoms with Crippen molar-refractivity contribution < 1.29 is 0 Å². The van der Waals surface area contributed by atoms with E-state index in [1.807, 2.05) is 0 Å². The quantitative estimate of drug-likeness (QED) is 0.570. The summed E-state index contributed by atoms with van der Waals surface area (Å²) in [5, 5.41) is 0. The van der Waals surface area contributed by atoms with Gasteiger partial charge in [-0.2, -0.15) is 0 Å². The van der Waals surface area contributed by atoms with Crippen LogP contribution in [0.5, 0.6) is 0 Å². The highest BCUT2D eigenvalue weighted by atomic mass is 127. The molecule has 2 nitrogen and oxygen atoms in total. The van der Waals surface area contributed by atoms with Gasteiger partial charge in [0.25, 0.3) is 0 Å². The zero-order valence-corrected chi connectivity index (χ0v) is 11.9. The maximum Gasteiger partial charge on any atom is 0.0201 e. The Morgan fingerprint density at radius 2 is 1.40 bits per heavy atom. The van der Waals surface area contributed by atoms with Crippen LogP contribution < -0.4 is 0 Å². The third-order valence-corrected chi connectivity index (χ3v) is 5.20. The first-order valence-corrected chi connectivity index (χ1v) is 7.39. The molecule has 0 atom stereocenters. The van der Waals surface area contributed by atoms with Crippen LogP contribution in [0, 0.1) is 11.8 Å². The van der Waals surface area contributed by atoms with Gasteiger partial charge in [0.15, 0.2) is 0 Å². The molecule has 0 amide bonds. The molecule has 0 radical (unpaired) electrons. The fraction of sp³-hybridized carbons (Fsp3) is 1.00. The van der Waals surface area contributed by atoms with Gasteiger partial charge in [0.1, 0.15) is 0 Å². The highest BCUT2D eigenvalue weighted by Gasteiger charge is 2.28. The molecular formula is C12H23IN2. The number of piperidine rings is 2. The van der Waals surface area contributed by atoms with E-state index in [0.29, 0.717) is 0 Å². The van der Waals surface area contributed by atoms with Crippen LogP contribution in [0.25, 0.3) is 0 Å². The fourth-order valence-corrected chi connectivity index (χ4v) is 3.64. The third kappa shape index (κ3) is 3.30. The number of hydrogen-bond acceptors (Lipinski definition) is 2. The molecule has 2 rings (SSSR count). The van der Waals surface area contributed by atoms with Gasteiger partial charge in [0, 0.05) is 36.0 Å². The molecule has 0 saturated carbocycles. The molecule has 0 bridgehead atoms. The highest BCUT2D eigenvalue weighted by Crippen LogP contribution is 2.32. The summed E-state index contributed by atoms with van der Waals surface area (Å²) in [7, 11) is 0. The molecule has 0 aliphatic carbocycles. The Morgan fingerprint density at radius 3 is 1.87 bits per heavy atom. The second kappa shape index (κ2) is 5.82. The van der Waals surface area contributed by atoms with Crippen LogP contribution in [0.1, 0.15) is 32.6 Å². The second-order valence-corrected chi connectivity index (χ2v) is 6.38. The Hall–Kier alpha value is 0.650. The maximum absolute atomic E-state index is 2.60. The summed E-state index contributed by atoms with van der Waals surface area (Å²) >= 11 is 2.47. The molecule has 0 N–H and O–H groups in total. The van der Waals surface area contributed by atoms with Gasteiger partial charge in [-0.3, -0.25) is 0 Å². The maximum atomic E-state index is 2.60. The van der Waals surface area contributed by atoms with Crippen LogP contribution in [0.2, 0.25) is 0 Å². The van der Waals surface area contributed by atoms with Crippen LogP contribution >= 0.6 is 22.9 Å². The lowest BCUT2D eigenvalue weighted by atomic mass is 9.79. The van der Waals surface area contributed by atoms with Crippen molar-refractivity contribution in [3.05, 3.63) is 0 Å². The third-order valence-electron chi connectivity index (χ3n) is 4.23. The number of rotatable bonds is 2. The van der Waals surface area contributed by atoms with E-state index in [4.69, 9.17) is 0 Å². The van der Waals surface area contributed by atoms with Crippen LogP contribution in [0.4, 0.5) is 0 Å². The molecule has 0 aromatic heterocycles. The van der Waals surface area contributed by atoms with Gasteiger partial charge in [-0.05, 0) is 57.2 Å². The molecule has 2 aliphatic heterocycles. The fourth-order valence-electron chi connectivity index (χ4n) is 3.08. The zero-order chi connectivity index (χ0) is 10.7. The summed E-state index contributed by atoms with van der Waals surface area (Å²) in [6.07, 6.45) is 5.80. The van der Waals surface area contributed by atoms with E-state index >= 15 is 0 Å². The smallest absolute Gasteiger partial charge is 0.0201 e. The van der Waals surface area contributed by atoms with Crippen molar-refractivity contribution in [1.29, 1.82) is 0 Å². The van der Waals surface area contributed by atoms with Gasteiger partial charge >= 0.3 is 0 Å². The van der Waals surface area contributed by atoms with Gasteiger partial charge in [-0.25, -0.2) is 3.11 Å². The first-order valence-electron chi connectivity index (χ1n) is 6.42. The van der Waals surface area contributed by atoms with Gasteiger partial charge < -0.3 is 4.90 Å². The number of likely N-dealkylation sites (tertiary alicyclic amines) is 1. The molecular weight excluding hydrogens is 299 g/mol. The first-order chi connectivity index (χ1) is 7.29. The monoisotopic (exact) mass is 322 g/mol. The normalized spacial score (nSPS) is 28.4. The molecule has 2 heterocycles. The zero-order valence-electron chi connectivity index (χ0n) is 9.79.